The Morgan fingerprint density at radius 2 is 2.30 bits per heavy atom. The first-order valence-corrected chi connectivity index (χ1v) is 8.18. The van der Waals surface area contributed by atoms with Crippen LogP contribution < -0.4 is 5.56 Å². The first kappa shape index (κ1) is 15.1. The largest absolute Gasteiger partial charge is 0.481 e. The fraction of sp³-hybridized carbons (Fsp3) is 0.462. The third-order valence-electron chi connectivity index (χ3n) is 2.79. The standard InChI is InChI=1S/C13H16N2O3S2/c1-8(2)3-5-15-12(18)11-9(4-6-19-11)14-13(15)20-7-10(16)17/h4,6,8H,3,5,7H2,1-2H3,(H,16,17). The zero-order valence-electron chi connectivity index (χ0n) is 11.3. The molecule has 0 fully saturated rings. The summed E-state index contributed by atoms with van der Waals surface area (Å²) in [5.74, 6) is -0.535. The van der Waals surface area contributed by atoms with Crippen LogP contribution in [0.15, 0.2) is 21.4 Å². The number of nitrogens with zero attached hydrogens (tertiary/aromatic N) is 2. The molecule has 0 saturated heterocycles. The van der Waals surface area contributed by atoms with Crippen molar-refractivity contribution < 1.29 is 9.90 Å². The van der Waals surface area contributed by atoms with Crippen molar-refractivity contribution in [1.82, 2.24) is 9.55 Å². The van der Waals surface area contributed by atoms with E-state index >= 15 is 0 Å². The highest BCUT2D eigenvalue weighted by atomic mass is 32.2. The summed E-state index contributed by atoms with van der Waals surface area (Å²) in [6.45, 7) is 4.75. The third-order valence-corrected chi connectivity index (χ3v) is 4.64. The van der Waals surface area contributed by atoms with Gasteiger partial charge < -0.3 is 5.11 Å². The summed E-state index contributed by atoms with van der Waals surface area (Å²) in [7, 11) is 0. The van der Waals surface area contributed by atoms with Gasteiger partial charge in [0.2, 0.25) is 0 Å². The summed E-state index contributed by atoms with van der Waals surface area (Å²) in [6, 6.07) is 1.79. The van der Waals surface area contributed by atoms with E-state index in [-0.39, 0.29) is 11.3 Å². The number of carbonyl (C=O) groups is 1. The van der Waals surface area contributed by atoms with Gasteiger partial charge in [0.15, 0.2) is 5.16 Å². The minimum atomic E-state index is -0.912. The van der Waals surface area contributed by atoms with Crippen LogP contribution >= 0.6 is 23.1 Å². The normalized spacial score (nSPS) is 11.3. The van der Waals surface area contributed by atoms with E-state index in [1.165, 1.54) is 11.3 Å². The molecule has 0 bridgehead atoms. The lowest BCUT2D eigenvalue weighted by Crippen LogP contribution is -2.23. The number of aromatic nitrogens is 2. The molecule has 2 aromatic rings. The molecule has 2 rings (SSSR count). The number of fused-ring (bicyclic) bond motifs is 1. The second-order valence-corrected chi connectivity index (χ2v) is 6.71. The monoisotopic (exact) mass is 312 g/mol. The smallest absolute Gasteiger partial charge is 0.313 e. The first-order valence-electron chi connectivity index (χ1n) is 6.31. The number of hydrogen-bond donors (Lipinski definition) is 1. The molecule has 5 nitrogen and oxygen atoms in total. The predicted molar refractivity (Wildman–Crippen MR) is 81.7 cm³/mol. The summed E-state index contributed by atoms with van der Waals surface area (Å²) >= 11 is 2.47. The molecular weight excluding hydrogens is 296 g/mol. The zero-order valence-corrected chi connectivity index (χ0v) is 13.0. The molecule has 0 aromatic carbocycles. The second kappa shape index (κ2) is 6.41. The molecule has 1 N–H and O–H groups in total. The van der Waals surface area contributed by atoms with Gasteiger partial charge in [-0.1, -0.05) is 25.6 Å². The number of aliphatic carboxylic acids is 1. The van der Waals surface area contributed by atoms with Gasteiger partial charge in [-0.3, -0.25) is 14.2 Å². The summed E-state index contributed by atoms with van der Waals surface area (Å²) in [5, 5.41) is 11.1. The highest BCUT2D eigenvalue weighted by Crippen LogP contribution is 2.21. The molecule has 108 valence electrons. The fourth-order valence-corrected chi connectivity index (χ4v) is 3.27. The Labute approximate surface area is 124 Å². The minimum Gasteiger partial charge on any atom is -0.481 e. The van der Waals surface area contributed by atoms with Crippen LogP contribution in [0.4, 0.5) is 0 Å². The average Bonchev–Trinajstić information content (AvgIpc) is 2.83. The molecule has 7 heteroatoms. The summed E-state index contributed by atoms with van der Waals surface area (Å²) < 4.78 is 2.24. The van der Waals surface area contributed by atoms with Crippen molar-refractivity contribution in [2.24, 2.45) is 5.92 Å². The van der Waals surface area contributed by atoms with E-state index in [0.29, 0.717) is 27.8 Å². The molecule has 0 unspecified atom stereocenters. The van der Waals surface area contributed by atoms with Crippen molar-refractivity contribution in [2.75, 3.05) is 5.75 Å². The highest BCUT2D eigenvalue weighted by Gasteiger charge is 2.14. The topological polar surface area (TPSA) is 72.2 Å². The number of rotatable bonds is 6. The SMILES string of the molecule is CC(C)CCn1c(SCC(=O)O)nc2ccsc2c1=O. The molecule has 0 aliphatic carbocycles. The molecular formula is C13H16N2O3S2. The van der Waals surface area contributed by atoms with Crippen molar-refractivity contribution in [1.29, 1.82) is 0 Å². The maximum Gasteiger partial charge on any atom is 0.313 e. The summed E-state index contributed by atoms with van der Waals surface area (Å²) in [6.07, 6.45) is 0.860. The number of thiophene rings is 1. The lowest BCUT2D eigenvalue weighted by molar-refractivity contribution is -0.133. The Hall–Kier alpha value is -1.34. The van der Waals surface area contributed by atoms with Gasteiger partial charge in [0, 0.05) is 6.54 Å². The van der Waals surface area contributed by atoms with E-state index in [1.807, 2.05) is 5.38 Å². The molecule has 2 aromatic heterocycles. The molecule has 0 radical (unpaired) electrons. The molecule has 0 amide bonds. The van der Waals surface area contributed by atoms with Crippen molar-refractivity contribution in [3.63, 3.8) is 0 Å². The Morgan fingerprint density at radius 3 is 2.95 bits per heavy atom. The van der Waals surface area contributed by atoms with Gasteiger partial charge >= 0.3 is 5.97 Å². The highest BCUT2D eigenvalue weighted by molar-refractivity contribution is 7.99. The molecule has 0 aliphatic heterocycles. The van der Waals surface area contributed by atoms with Crippen molar-refractivity contribution >= 4 is 39.3 Å². The van der Waals surface area contributed by atoms with Gasteiger partial charge in [-0.05, 0) is 23.8 Å². The van der Waals surface area contributed by atoms with Crippen LogP contribution in [0.25, 0.3) is 10.2 Å². The zero-order chi connectivity index (χ0) is 14.7. The number of thioether (sulfide) groups is 1. The molecule has 0 spiro atoms. The third kappa shape index (κ3) is 3.40. The van der Waals surface area contributed by atoms with Crippen LogP contribution in [0.1, 0.15) is 20.3 Å². The van der Waals surface area contributed by atoms with Crippen LogP contribution in [0, 0.1) is 5.92 Å². The second-order valence-electron chi connectivity index (χ2n) is 4.85. The lowest BCUT2D eigenvalue weighted by Gasteiger charge is -2.12. The van der Waals surface area contributed by atoms with Crippen molar-refractivity contribution in [3.05, 3.63) is 21.8 Å². The summed E-state index contributed by atoms with van der Waals surface area (Å²) in [5.41, 5.74) is 0.576. The van der Waals surface area contributed by atoms with Gasteiger partial charge in [-0.25, -0.2) is 4.98 Å². The van der Waals surface area contributed by atoms with E-state index in [9.17, 15) is 9.59 Å². The van der Waals surface area contributed by atoms with Gasteiger partial charge in [0.25, 0.3) is 5.56 Å². The van der Waals surface area contributed by atoms with Gasteiger partial charge in [0.1, 0.15) is 4.70 Å². The van der Waals surface area contributed by atoms with E-state index in [1.54, 1.807) is 10.6 Å². The van der Waals surface area contributed by atoms with Crippen LogP contribution in [0.2, 0.25) is 0 Å². The van der Waals surface area contributed by atoms with E-state index in [4.69, 9.17) is 5.11 Å². The van der Waals surface area contributed by atoms with Crippen LogP contribution in [0.3, 0.4) is 0 Å². The molecule has 0 saturated carbocycles. The van der Waals surface area contributed by atoms with Gasteiger partial charge in [-0.15, -0.1) is 11.3 Å². The Morgan fingerprint density at radius 1 is 1.55 bits per heavy atom. The van der Waals surface area contributed by atoms with Crippen molar-refractivity contribution in [3.8, 4) is 0 Å². The first-order chi connectivity index (χ1) is 9.49. The van der Waals surface area contributed by atoms with E-state index in [2.05, 4.69) is 18.8 Å². The Balaban J connectivity index is 2.42. The lowest BCUT2D eigenvalue weighted by atomic mass is 10.1. The number of hydrogen-bond acceptors (Lipinski definition) is 5. The van der Waals surface area contributed by atoms with E-state index < -0.39 is 5.97 Å². The van der Waals surface area contributed by atoms with E-state index in [0.717, 1.165) is 18.2 Å². The minimum absolute atomic E-state index is 0.0708. The molecule has 2 heterocycles. The predicted octanol–water partition coefficient (Wildman–Crippen LogP) is 2.68. The van der Waals surface area contributed by atoms with Crippen molar-refractivity contribution in [2.45, 2.75) is 32.0 Å². The quantitative estimate of drug-likeness (QED) is 0.656. The van der Waals surface area contributed by atoms with Crippen LogP contribution in [-0.4, -0.2) is 26.4 Å². The number of carboxylic acids is 1. The fourth-order valence-electron chi connectivity index (χ4n) is 1.74. The average molecular weight is 312 g/mol. The maximum absolute atomic E-state index is 12.4. The molecule has 0 atom stereocenters. The Kier molecular flexibility index (Phi) is 4.82. The van der Waals surface area contributed by atoms with Gasteiger partial charge in [-0.2, -0.15) is 0 Å². The molecule has 0 aliphatic rings. The number of carboxylic acid groups (broad SMARTS) is 1. The summed E-state index contributed by atoms with van der Waals surface area (Å²) in [4.78, 5) is 27.6. The van der Waals surface area contributed by atoms with Crippen LogP contribution in [0.5, 0.6) is 0 Å². The molecule has 20 heavy (non-hydrogen) atoms. The van der Waals surface area contributed by atoms with Gasteiger partial charge in [0.05, 0.1) is 11.3 Å². The van der Waals surface area contributed by atoms with Crippen LogP contribution in [-0.2, 0) is 11.3 Å². The maximum atomic E-state index is 12.4. The Bertz CT molecular complexity index is 676.